The van der Waals surface area contributed by atoms with Crippen LogP contribution in [0.15, 0.2) is 24.4 Å². The van der Waals surface area contributed by atoms with Crippen molar-refractivity contribution < 1.29 is 13.2 Å². The summed E-state index contributed by atoms with van der Waals surface area (Å²) < 4.78 is 34.8. The number of aryl methyl sites for hydroxylation is 1. The molecule has 1 aromatic carbocycles. The average molecular weight is 345 g/mol. The maximum absolute atomic E-state index is 14.7. The minimum atomic E-state index is -2.00. The lowest BCUT2D eigenvalue weighted by Crippen LogP contribution is -1.99. The van der Waals surface area contributed by atoms with Crippen molar-refractivity contribution in [2.45, 2.75) is 31.4 Å². The zero-order chi connectivity index (χ0) is 16.8. The molecule has 0 radical (unpaired) electrons. The van der Waals surface area contributed by atoms with Gasteiger partial charge >= 0.3 is 0 Å². The number of H-pyrrole nitrogens is 1. The standard InChI is InChI=1S/C17H16FN3O2S/c1-9-6-12(13(18)7-11(9)8-24(22)23)17-15-14(4-5-19-17)20-21-16(15)10-2-3-10/h4-7,10H,2-3,8H2,1H3,(H,20,21)(H,22,23). The number of aromatic nitrogens is 3. The van der Waals surface area contributed by atoms with Gasteiger partial charge in [-0.15, -0.1) is 0 Å². The van der Waals surface area contributed by atoms with Gasteiger partial charge in [0.2, 0.25) is 0 Å². The predicted octanol–water partition coefficient (Wildman–Crippen LogP) is 3.67. The van der Waals surface area contributed by atoms with Crippen LogP contribution < -0.4 is 0 Å². The van der Waals surface area contributed by atoms with Crippen molar-refractivity contribution in [1.82, 2.24) is 15.2 Å². The molecule has 7 heteroatoms. The van der Waals surface area contributed by atoms with Gasteiger partial charge in [0, 0.05) is 28.8 Å². The van der Waals surface area contributed by atoms with Crippen molar-refractivity contribution in [2.75, 3.05) is 0 Å². The number of benzene rings is 1. The summed E-state index contributed by atoms with van der Waals surface area (Å²) in [6.07, 6.45) is 3.84. The topological polar surface area (TPSA) is 78.9 Å². The van der Waals surface area contributed by atoms with E-state index in [1.807, 2.05) is 13.0 Å². The van der Waals surface area contributed by atoms with E-state index in [4.69, 9.17) is 4.55 Å². The quantitative estimate of drug-likeness (QED) is 0.707. The van der Waals surface area contributed by atoms with Crippen LogP contribution in [0.25, 0.3) is 22.2 Å². The molecule has 4 rings (SSSR count). The smallest absolute Gasteiger partial charge is 0.157 e. The minimum Gasteiger partial charge on any atom is -0.306 e. The van der Waals surface area contributed by atoms with Crippen LogP contribution in [-0.2, 0) is 16.8 Å². The summed E-state index contributed by atoms with van der Waals surface area (Å²) in [4.78, 5) is 4.40. The SMILES string of the molecule is Cc1cc(-c2nccc3n[nH]c(C4CC4)c23)c(F)cc1CS(=O)O. The highest BCUT2D eigenvalue weighted by Gasteiger charge is 2.29. The third-order valence-electron chi connectivity index (χ3n) is 4.44. The van der Waals surface area contributed by atoms with Crippen LogP contribution in [0.3, 0.4) is 0 Å². The highest BCUT2D eigenvalue weighted by atomic mass is 32.2. The number of hydrogen-bond acceptors (Lipinski definition) is 3. The fraction of sp³-hybridized carbons (Fsp3) is 0.294. The second kappa shape index (κ2) is 5.75. The Kier molecular flexibility index (Phi) is 3.69. The van der Waals surface area contributed by atoms with Crippen LogP contribution >= 0.6 is 0 Å². The Bertz CT molecular complexity index is 966. The Morgan fingerprint density at radius 3 is 2.92 bits per heavy atom. The van der Waals surface area contributed by atoms with Crippen LogP contribution in [0.4, 0.5) is 4.39 Å². The van der Waals surface area contributed by atoms with Crippen LogP contribution in [0.2, 0.25) is 0 Å². The Morgan fingerprint density at radius 2 is 2.21 bits per heavy atom. The molecule has 1 atom stereocenters. The van der Waals surface area contributed by atoms with Gasteiger partial charge in [-0.25, -0.2) is 8.60 Å². The molecule has 2 N–H and O–H groups in total. The summed E-state index contributed by atoms with van der Waals surface area (Å²) in [5.41, 5.74) is 4.06. The Labute approximate surface area is 140 Å². The molecule has 3 aromatic rings. The molecule has 1 aliphatic rings. The molecule has 1 unspecified atom stereocenters. The Morgan fingerprint density at radius 1 is 1.42 bits per heavy atom. The minimum absolute atomic E-state index is 0.0836. The molecule has 24 heavy (non-hydrogen) atoms. The van der Waals surface area contributed by atoms with Crippen LogP contribution in [-0.4, -0.2) is 23.9 Å². The number of nitrogens with one attached hydrogen (secondary N) is 1. The summed E-state index contributed by atoms with van der Waals surface area (Å²) in [6, 6.07) is 4.84. The lowest BCUT2D eigenvalue weighted by atomic mass is 9.99. The largest absolute Gasteiger partial charge is 0.306 e. The monoisotopic (exact) mass is 345 g/mol. The van der Waals surface area contributed by atoms with Crippen LogP contribution in [0.5, 0.6) is 0 Å². The van der Waals surface area contributed by atoms with E-state index in [0.717, 1.165) is 35.0 Å². The number of fused-ring (bicyclic) bond motifs is 1. The maximum Gasteiger partial charge on any atom is 0.157 e. The molecule has 0 amide bonds. The normalized spacial score (nSPS) is 15.8. The summed E-state index contributed by atoms with van der Waals surface area (Å²) in [7, 11) is 0. The predicted molar refractivity (Wildman–Crippen MR) is 90.5 cm³/mol. The second-order valence-corrected chi connectivity index (χ2v) is 7.12. The van der Waals surface area contributed by atoms with Crippen molar-refractivity contribution in [3.05, 3.63) is 47.0 Å². The van der Waals surface area contributed by atoms with E-state index in [1.54, 1.807) is 12.3 Å². The molecule has 1 aliphatic carbocycles. The molecule has 2 heterocycles. The van der Waals surface area contributed by atoms with Crippen LogP contribution in [0, 0.1) is 12.7 Å². The van der Waals surface area contributed by atoms with E-state index < -0.39 is 16.9 Å². The van der Waals surface area contributed by atoms with Gasteiger partial charge in [-0.2, -0.15) is 5.10 Å². The van der Waals surface area contributed by atoms with E-state index in [2.05, 4.69) is 15.2 Å². The Hall–Kier alpha value is -2.12. The van der Waals surface area contributed by atoms with Gasteiger partial charge < -0.3 is 4.55 Å². The van der Waals surface area contributed by atoms with Gasteiger partial charge in [-0.1, -0.05) is 0 Å². The third kappa shape index (κ3) is 2.63. The fourth-order valence-electron chi connectivity index (χ4n) is 3.05. The number of nitrogens with zero attached hydrogens (tertiary/aromatic N) is 2. The van der Waals surface area contributed by atoms with Crippen molar-refractivity contribution in [2.24, 2.45) is 0 Å². The average Bonchev–Trinajstić information content (AvgIpc) is 3.29. The van der Waals surface area contributed by atoms with Gasteiger partial charge in [-0.05, 0) is 49.1 Å². The van der Waals surface area contributed by atoms with E-state index in [-0.39, 0.29) is 5.75 Å². The first-order valence-corrected chi connectivity index (χ1v) is 9.02. The van der Waals surface area contributed by atoms with E-state index in [1.165, 1.54) is 6.07 Å². The molecule has 124 valence electrons. The highest BCUT2D eigenvalue weighted by Crippen LogP contribution is 2.44. The van der Waals surface area contributed by atoms with Crippen molar-refractivity contribution in [3.63, 3.8) is 0 Å². The lowest BCUT2D eigenvalue weighted by molar-refractivity contribution is 0.563. The van der Waals surface area contributed by atoms with Crippen molar-refractivity contribution in [1.29, 1.82) is 0 Å². The first-order valence-electron chi connectivity index (χ1n) is 7.74. The molecule has 0 spiro atoms. The molecular formula is C17H16FN3O2S. The third-order valence-corrected chi connectivity index (χ3v) is 5.00. The lowest BCUT2D eigenvalue weighted by Gasteiger charge is -2.10. The highest BCUT2D eigenvalue weighted by molar-refractivity contribution is 7.78. The zero-order valence-corrected chi connectivity index (χ0v) is 13.9. The maximum atomic E-state index is 14.7. The first kappa shape index (κ1) is 15.4. The second-order valence-electron chi connectivity index (χ2n) is 6.19. The number of aromatic amines is 1. The first-order chi connectivity index (χ1) is 11.5. The molecule has 1 saturated carbocycles. The summed E-state index contributed by atoms with van der Waals surface area (Å²) in [5, 5.41) is 8.26. The number of pyridine rings is 1. The van der Waals surface area contributed by atoms with Crippen molar-refractivity contribution >= 4 is 22.0 Å². The zero-order valence-electron chi connectivity index (χ0n) is 13.0. The van der Waals surface area contributed by atoms with E-state index in [9.17, 15) is 8.60 Å². The number of hydrogen-bond donors (Lipinski definition) is 2. The summed E-state index contributed by atoms with van der Waals surface area (Å²) in [6.45, 7) is 1.81. The number of rotatable bonds is 4. The van der Waals surface area contributed by atoms with Crippen molar-refractivity contribution in [3.8, 4) is 11.3 Å². The van der Waals surface area contributed by atoms with Gasteiger partial charge in [0.15, 0.2) is 11.1 Å². The molecule has 0 aliphatic heterocycles. The molecule has 5 nitrogen and oxygen atoms in total. The molecular weight excluding hydrogens is 329 g/mol. The van der Waals surface area contributed by atoms with Gasteiger partial charge in [0.1, 0.15) is 5.82 Å². The molecule has 2 aromatic heterocycles. The Balaban J connectivity index is 1.90. The molecule has 1 fully saturated rings. The van der Waals surface area contributed by atoms with Crippen LogP contribution in [0.1, 0.15) is 35.6 Å². The molecule has 0 bridgehead atoms. The van der Waals surface area contributed by atoms with Gasteiger partial charge in [0.05, 0.1) is 17.0 Å². The summed E-state index contributed by atoms with van der Waals surface area (Å²) in [5.74, 6) is -0.0816. The van der Waals surface area contributed by atoms with E-state index >= 15 is 0 Å². The van der Waals surface area contributed by atoms with E-state index in [0.29, 0.717) is 22.7 Å². The summed E-state index contributed by atoms with van der Waals surface area (Å²) >= 11 is -2.00. The van der Waals surface area contributed by atoms with Gasteiger partial charge in [0.25, 0.3) is 0 Å². The fourth-order valence-corrected chi connectivity index (χ4v) is 3.63. The molecule has 0 saturated heterocycles. The van der Waals surface area contributed by atoms with Gasteiger partial charge in [-0.3, -0.25) is 10.1 Å². The number of halogens is 1.